The number of rotatable bonds is 7. The third-order valence-corrected chi connectivity index (χ3v) is 6.56. The highest BCUT2D eigenvalue weighted by atomic mass is 32.2. The quantitative estimate of drug-likeness (QED) is 0.800. The van der Waals surface area contributed by atoms with Gasteiger partial charge in [0.25, 0.3) is 10.2 Å². The van der Waals surface area contributed by atoms with E-state index in [4.69, 9.17) is 0 Å². The summed E-state index contributed by atoms with van der Waals surface area (Å²) in [6.45, 7) is 7.70. The van der Waals surface area contributed by atoms with E-state index in [1.807, 2.05) is 18.4 Å². The molecule has 0 unspecified atom stereocenters. The fraction of sp³-hybridized carbons (Fsp3) is 0.714. The van der Waals surface area contributed by atoms with Gasteiger partial charge in [0, 0.05) is 24.5 Å². The Morgan fingerprint density at radius 1 is 1.38 bits per heavy atom. The maximum Gasteiger partial charge on any atom is 0.279 e. The standard InChI is InChI=1S/C14H25N3O2S2/c1-3-15-10-13-4-7-17(8-5-13)21(18,19)16-11-14-12(2)6-9-20-14/h6,9,13,15-16H,3-5,7-8,10-11H2,1-2H3. The maximum absolute atomic E-state index is 12.3. The summed E-state index contributed by atoms with van der Waals surface area (Å²) in [5, 5.41) is 5.33. The van der Waals surface area contributed by atoms with Gasteiger partial charge in [-0.2, -0.15) is 17.4 Å². The van der Waals surface area contributed by atoms with Crippen LogP contribution in [0.3, 0.4) is 0 Å². The summed E-state index contributed by atoms with van der Waals surface area (Å²) in [4.78, 5) is 1.08. The molecule has 0 aromatic carbocycles. The van der Waals surface area contributed by atoms with Gasteiger partial charge in [0.2, 0.25) is 0 Å². The molecular weight excluding hydrogens is 306 g/mol. The molecule has 1 aliphatic rings. The van der Waals surface area contributed by atoms with E-state index in [0.717, 1.165) is 36.4 Å². The van der Waals surface area contributed by atoms with Crippen LogP contribution in [0.15, 0.2) is 11.4 Å². The second-order valence-electron chi connectivity index (χ2n) is 5.50. The zero-order chi connectivity index (χ0) is 15.3. The summed E-state index contributed by atoms with van der Waals surface area (Å²) in [6, 6.07) is 2.01. The van der Waals surface area contributed by atoms with E-state index in [0.29, 0.717) is 25.6 Å². The molecule has 2 N–H and O–H groups in total. The highest BCUT2D eigenvalue weighted by Crippen LogP contribution is 2.19. The van der Waals surface area contributed by atoms with E-state index >= 15 is 0 Å². The number of nitrogens with zero attached hydrogens (tertiary/aromatic N) is 1. The highest BCUT2D eigenvalue weighted by molar-refractivity contribution is 7.87. The number of hydrogen-bond donors (Lipinski definition) is 2. The van der Waals surface area contributed by atoms with E-state index in [9.17, 15) is 8.42 Å². The molecule has 2 rings (SSSR count). The molecule has 0 spiro atoms. The van der Waals surface area contributed by atoms with Gasteiger partial charge in [0.1, 0.15) is 0 Å². The number of aryl methyl sites for hydroxylation is 1. The van der Waals surface area contributed by atoms with Crippen molar-refractivity contribution in [3.8, 4) is 0 Å². The fourth-order valence-corrected chi connectivity index (χ4v) is 4.67. The number of hydrogen-bond acceptors (Lipinski definition) is 4. The van der Waals surface area contributed by atoms with Crippen LogP contribution in [-0.2, 0) is 16.8 Å². The van der Waals surface area contributed by atoms with Crippen LogP contribution in [0, 0.1) is 12.8 Å². The van der Waals surface area contributed by atoms with Gasteiger partial charge < -0.3 is 5.32 Å². The number of nitrogens with one attached hydrogen (secondary N) is 2. The van der Waals surface area contributed by atoms with Crippen LogP contribution in [0.25, 0.3) is 0 Å². The molecule has 1 aromatic rings. The van der Waals surface area contributed by atoms with Crippen molar-refractivity contribution in [3.05, 3.63) is 21.9 Å². The van der Waals surface area contributed by atoms with Gasteiger partial charge in [0.15, 0.2) is 0 Å². The number of thiophene rings is 1. The normalized spacial score (nSPS) is 18.2. The van der Waals surface area contributed by atoms with Crippen LogP contribution >= 0.6 is 11.3 Å². The van der Waals surface area contributed by atoms with Crippen molar-refractivity contribution in [1.82, 2.24) is 14.3 Å². The summed E-state index contributed by atoms with van der Waals surface area (Å²) in [7, 11) is -3.35. The van der Waals surface area contributed by atoms with Crippen LogP contribution in [0.2, 0.25) is 0 Å². The van der Waals surface area contributed by atoms with Gasteiger partial charge in [-0.3, -0.25) is 0 Å². The smallest absolute Gasteiger partial charge is 0.279 e. The first-order chi connectivity index (χ1) is 10.0. The van der Waals surface area contributed by atoms with Crippen molar-refractivity contribution < 1.29 is 8.42 Å². The Balaban J connectivity index is 1.82. The molecule has 2 heterocycles. The molecule has 1 saturated heterocycles. The third-order valence-electron chi connectivity index (χ3n) is 3.98. The second-order valence-corrected chi connectivity index (χ2v) is 8.26. The Morgan fingerprint density at radius 2 is 2.10 bits per heavy atom. The molecule has 0 radical (unpaired) electrons. The minimum absolute atomic E-state index is 0.392. The molecule has 21 heavy (non-hydrogen) atoms. The van der Waals surface area contributed by atoms with Crippen LogP contribution in [-0.4, -0.2) is 38.9 Å². The van der Waals surface area contributed by atoms with Gasteiger partial charge in [0.05, 0.1) is 0 Å². The zero-order valence-corrected chi connectivity index (χ0v) is 14.4. The first-order valence-corrected chi connectivity index (χ1v) is 9.83. The molecule has 120 valence electrons. The summed E-state index contributed by atoms with van der Waals surface area (Å²) in [5.74, 6) is 0.593. The van der Waals surface area contributed by atoms with Crippen molar-refractivity contribution in [1.29, 1.82) is 0 Å². The zero-order valence-electron chi connectivity index (χ0n) is 12.8. The van der Waals surface area contributed by atoms with Gasteiger partial charge in [-0.25, -0.2) is 0 Å². The lowest BCUT2D eigenvalue weighted by Crippen LogP contribution is -2.45. The van der Waals surface area contributed by atoms with Crippen molar-refractivity contribution in [3.63, 3.8) is 0 Å². The Labute approximate surface area is 131 Å². The predicted molar refractivity (Wildman–Crippen MR) is 87.7 cm³/mol. The molecule has 5 nitrogen and oxygen atoms in total. The molecule has 7 heteroatoms. The predicted octanol–water partition coefficient (Wildman–Crippen LogP) is 1.71. The molecule has 0 saturated carbocycles. The van der Waals surface area contributed by atoms with Crippen molar-refractivity contribution in [2.75, 3.05) is 26.2 Å². The Hall–Kier alpha value is -0.470. The average molecular weight is 332 g/mol. The monoisotopic (exact) mass is 331 g/mol. The first kappa shape index (κ1) is 16.9. The van der Waals surface area contributed by atoms with E-state index < -0.39 is 10.2 Å². The SMILES string of the molecule is CCNCC1CCN(S(=O)(=O)NCc2sccc2C)CC1. The Bertz CT molecular complexity index is 534. The lowest BCUT2D eigenvalue weighted by molar-refractivity contribution is 0.266. The van der Waals surface area contributed by atoms with Gasteiger partial charge in [-0.1, -0.05) is 6.92 Å². The summed E-state index contributed by atoms with van der Waals surface area (Å²) >= 11 is 1.59. The van der Waals surface area contributed by atoms with E-state index in [2.05, 4.69) is 17.0 Å². The van der Waals surface area contributed by atoms with Crippen LogP contribution in [0.5, 0.6) is 0 Å². The molecule has 0 aliphatic carbocycles. The Kier molecular flexibility index (Phi) is 6.19. The largest absolute Gasteiger partial charge is 0.317 e. The van der Waals surface area contributed by atoms with Crippen molar-refractivity contribution in [2.45, 2.75) is 33.2 Å². The molecular formula is C14H25N3O2S2. The lowest BCUT2D eigenvalue weighted by atomic mass is 9.98. The fourth-order valence-electron chi connectivity index (χ4n) is 2.54. The molecule has 0 bridgehead atoms. The first-order valence-electron chi connectivity index (χ1n) is 7.51. The highest BCUT2D eigenvalue weighted by Gasteiger charge is 2.27. The molecule has 1 aliphatic heterocycles. The molecule has 0 atom stereocenters. The second kappa shape index (κ2) is 7.69. The lowest BCUT2D eigenvalue weighted by Gasteiger charge is -2.31. The minimum Gasteiger partial charge on any atom is -0.317 e. The summed E-state index contributed by atoms with van der Waals surface area (Å²) in [5.41, 5.74) is 1.15. The van der Waals surface area contributed by atoms with Gasteiger partial charge in [-0.15, -0.1) is 11.3 Å². The third kappa shape index (κ3) is 4.75. The average Bonchev–Trinajstić information content (AvgIpc) is 2.89. The Morgan fingerprint density at radius 3 is 2.67 bits per heavy atom. The van der Waals surface area contributed by atoms with E-state index in [1.165, 1.54) is 0 Å². The van der Waals surface area contributed by atoms with E-state index in [1.54, 1.807) is 15.6 Å². The van der Waals surface area contributed by atoms with Gasteiger partial charge in [-0.05, 0) is 55.8 Å². The van der Waals surface area contributed by atoms with Crippen molar-refractivity contribution in [2.24, 2.45) is 5.92 Å². The van der Waals surface area contributed by atoms with Crippen molar-refractivity contribution >= 4 is 21.5 Å². The van der Waals surface area contributed by atoms with Crippen LogP contribution < -0.4 is 10.0 Å². The summed E-state index contributed by atoms with van der Waals surface area (Å²) in [6.07, 6.45) is 1.87. The van der Waals surface area contributed by atoms with Crippen LogP contribution in [0.4, 0.5) is 0 Å². The van der Waals surface area contributed by atoms with Gasteiger partial charge >= 0.3 is 0 Å². The maximum atomic E-state index is 12.3. The van der Waals surface area contributed by atoms with Crippen LogP contribution in [0.1, 0.15) is 30.2 Å². The summed E-state index contributed by atoms with van der Waals surface area (Å²) < 4.78 is 28.9. The minimum atomic E-state index is -3.35. The molecule has 1 aromatic heterocycles. The number of piperidine rings is 1. The van der Waals surface area contributed by atoms with E-state index in [-0.39, 0.29) is 0 Å². The molecule has 0 amide bonds. The molecule has 1 fully saturated rings. The topological polar surface area (TPSA) is 61.4 Å².